The molecule has 1 heterocycles. The van der Waals surface area contributed by atoms with Gasteiger partial charge in [-0.15, -0.1) is 0 Å². The summed E-state index contributed by atoms with van der Waals surface area (Å²) in [5, 5.41) is 4.76. The van der Waals surface area contributed by atoms with Crippen molar-refractivity contribution >= 4 is 22.0 Å². The molecule has 1 aromatic carbocycles. The summed E-state index contributed by atoms with van der Waals surface area (Å²) in [5.41, 5.74) is 3.49. The Hall–Kier alpha value is -1.97. The number of aryl methyl sites for hydroxylation is 2. The lowest BCUT2D eigenvalue weighted by atomic mass is 10.0. The third-order valence-corrected chi connectivity index (χ3v) is 7.36. The number of hydrogen-bond acceptors (Lipinski definition) is 5. The van der Waals surface area contributed by atoms with Crippen LogP contribution in [0.2, 0.25) is 0 Å². The third-order valence-electron chi connectivity index (χ3n) is 5.18. The van der Waals surface area contributed by atoms with Gasteiger partial charge in [-0.3, -0.25) is 15.0 Å². The summed E-state index contributed by atoms with van der Waals surface area (Å²) in [6.45, 7) is 11.3. The van der Waals surface area contributed by atoms with Gasteiger partial charge >= 0.3 is 6.03 Å². The maximum Gasteiger partial charge on any atom is 0.321 e. The van der Waals surface area contributed by atoms with Gasteiger partial charge in [0, 0.05) is 32.7 Å². The van der Waals surface area contributed by atoms with Crippen LogP contribution in [0.5, 0.6) is 0 Å². The maximum absolute atomic E-state index is 13.3. The first-order valence-corrected chi connectivity index (χ1v) is 10.9. The lowest BCUT2D eigenvalue weighted by molar-refractivity contribution is -0.121. The average Bonchev–Trinajstić information content (AvgIpc) is 2.60. The number of sulfonamides is 1. The fraction of sp³-hybridized carbons (Fsp3) is 0.579. The normalized spacial score (nSPS) is 16.0. The molecule has 0 atom stereocenters. The van der Waals surface area contributed by atoms with Crippen molar-refractivity contribution in [3.8, 4) is 0 Å². The van der Waals surface area contributed by atoms with Crippen molar-refractivity contribution in [3.63, 3.8) is 0 Å². The molecule has 0 spiro atoms. The third kappa shape index (κ3) is 4.89. The van der Waals surface area contributed by atoms with Crippen LogP contribution < -0.4 is 10.6 Å². The molecule has 156 valence electrons. The minimum Gasteiger partial charge on any atom is -0.338 e. The van der Waals surface area contributed by atoms with E-state index in [1.807, 2.05) is 38.7 Å². The lowest BCUT2D eigenvalue weighted by Crippen LogP contribution is -2.52. The van der Waals surface area contributed by atoms with Gasteiger partial charge < -0.3 is 5.32 Å². The van der Waals surface area contributed by atoms with E-state index in [2.05, 4.69) is 10.6 Å². The summed E-state index contributed by atoms with van der Waals surface area (Å²) in [6, 6.07) is 1.49. The van der Waals surface area contributed by atoms with Crippen LogP contribution in [0.1, 0.15) is 29.2 Å². The van der Waals surface area contributed by atoms with Gasteiger partial charge in [0.05, 0.1) is 11.4 Å². The Morgan fingerprint density at radius 3 is 2.04 bits per heavy atom. The molecule has 3 amide bonds. The predicted octanol–water partition coefficient (Wildman–Crippen LogP) is 1.07. The van der Waals surface area contributed by atoms with Crippen molar-refractivity contribution in [2.45, 2.75) is 39.5 Å². The van der Waals surface area contributed by atoms with Crippen molar-refractivity contribution in [2.75, 3.05) is 39.3 Å². The summed E-state index contributed by atoms with van der Waals surface area (Å²) in [6.07, 6.45) is 0. The second-order valence-corrected chi connectivity index (χ2v) is 9.05. The number of urea groups is 1. The molecule has 0 radical (unpaired) electrons. The van der Waals surface area contributed by atoms with Crippen LogP contribution in [0, 0.1) is 27.7 Å². The Balaban J connectivity index is 2.05. The summed E-state index contributed by atoms with van der Waals surface area (Å²) < 4.78 is 28.0. The smallest absolute Gasteiger partial charge is 0.321 e. The second-order valence-electron chi connectivity index (χ2n) is 7.18. The van der Waals surface area contributed by atoms with Gasteiger partial charge in [0.2, 0.25) is 15.9 Å². The highest BCUT2D eigenvalue weighted by atomic mass is 32.2. The van der Waals surface area contributed by atoms with Gasteiger partial charge in [0.25, 0.3) is 0 Å². The van der Waals surface area contributed by atoms with Crippen molar-refractivity contribution in [3.05, 3.63) is 28.3 Å². The minimum atomic E-state index is -3.60. The summed E-state index contributed by atoms with van der Waals surface area (Å²) in [5.74, 6) is -0.400. The molecule has 1 aliphatic heterocycles. The number of amides is 3. The number of rotatable bonds is 5. The summed E-state index contributed by atoms with van der Waals surface area (Å²) in [7, 11) is -3.60. The molecular formula is C19H30N4O4S. The van der Waals surface area contributed by atoms with Gasteiger partial charge in [0.15, 0.2) is 0 Å². The first kappa shape index (κ1) is 22.3. The minimum absolute atomic E-state index is 0.0621. The Morgan fingerprint density at radius 2 is 1.54 bits per heavy atom. The molecule has 0 aliphatic carbocycles. The van der Waals surface area contributed by atoms with Gasteiger partial charge in [-0.05, 0) is 56.9 Å². The van der Waals surface area contributed by atoms with Crippen LogP contribution in [0.3, 0.4) is 0 Å². The molecule has 1 aliphatic rings. The highest BCUT2D eigenvalue weighted by Gasteiger charge is 2.32. The van der Waals surface area contributed by atoms with Crippen LogP contribution in [0.4, 0.5) is 4.79 Å². The van der Waals surface area contributed by atoms with Crippen LogP contribution in [-0.2, 0) is 14.8 Å². The molecule has 0 bridgehead atoms. The first-order valence-electron chi connectivity index (χ1n) is 9.45. The fourth-order valence-corrected chi connectivity index (χ4v) is 5.40. The molecule has 0 unspecified atom stereocenters. The van der Waals surface area contributed by atoms with Crippen molar-refractivity contribution in [1.82, 2.24) is 19.8 Å². The van der Waals surface area contributed by atoms with E-state index in [4.69, 9.17) is 0 Å². The number of benzene rings is 1. The molecule has 1 aromatic rings. The fourth-order valence-electron chi connectivity index (χ4n) is 3.40. The second kappa shape index (κ2) is 9.02. The number of nitrogens with zero attached hydrogens (tertiary/aromatic N) is 2. The summed E-state index contributed by atoms with van der Waals surface area (Å²) in [4.78, 5) is 25.6. The topological polar surface area (TPSA) is 98.8 Å². The maximum atomic E-state index is 13.3. The Labute approximate surface area is 167 Å². The monoisotopic (exact) mass is 410 g/mol. The lowest BCUT2D eigenvalue weighted by Gasteiger charge is -2.34. The van der Waals surface area contributed by atoms with Crippen molar-refractivity contribution < 1.29 is 18.0 Å². The Kier molecular flexibility index (Phi) is 7.19. The molecular weight excluding hydrogens is 380 g/mol. The number of imide groups is 1. The van der Waals surface area contributed by atoms with Crippen molar-refractivity contribution in [2.24, 2.45) is 0 Å². The SMILES string of the molecule is CCNC(=O)NC(=O)CN1CCN(S(=O)(=O)c2c(C)c(C)cc(C)c2C)CC1. The van der Waals surface area contributed by atoms with Crippen LogP contribution >= 0.6 is 0 Å². The van der Waals surface area contributed by atoms with E-state index in [0.29, 0.717) is 37.6 Å². The molecule has 2 rings (SSSR count). The largest absolute Gasteiger partial charge is 0.338 e. The van der Waals surface area contributed by atoms with E-state index in [-0.39, 0.29) is 6.54 Å². The van der Waals surface area contributed by atoms with E-state index in [9.17, 15) is 18.0 Å². The van der Waals surface area contributed by atoms with Crippen LogP contribution in [-0.4, -0.2) is 68.8 Å². The Morgan fingerprint density at radius 1 is 1.00 bits per heavy atom. The molecule has 1 saturated heterocycles. The molecule has 2 N–H and O–H groups in total. The van der Waals surface area contributed by atoms with E-state index >= 15 is 0 Å². The van der Waals surface area contributed by atoms with Crippen LogP contribution in [0.15, 0.2) is 11.0 Å². The molecule has 28 heavy (non-hydrogen) atoms. The zero-order valence-corrected chi connectivity index (χ0v) is 18.1. The van der Waals surface area contributed by atoms with Crippen LogP contribution in [0.25, 0.3) is 0 Å². The number of carbonyl (C=O) groups excluding carboxylic acids is 2. The standard InChI is InChI=1S/C19H30N4O4S/c1-6-20-19(25)21-17(24)12-22-7-9-23(10-8-22)28(26,27)18-15(4)13(2)11-14(3)16(18)5/h11H,6-10,12H2,1-5H3,(H2,20,21,24,25). The van der Waals surface area contributed by atoms with Gasteiger partial charge in [0.1, 0.15) is 0 Å². The number of carbonyl (C=O) groups is 2. The number of nitrogens with one attached hydrogen (secondary N) is 2. The quantitative estimate of drug-likeness (QED) is 0.757. The van der Waals surface area contributed by atoms with E-state index in [1.165, 1.54) is 4.31 Å². The van der Waals surface area contributed by atoms with Gasteiger partial charge in [-0.1, -0.05) is 6.07 Å². The van der Waals surface area contributed by atoms with E-state index in [0.717, 1.165) is 22.3 Å². The zero-order valence-electron chi connectivity index (χ0n) is 17.3. The Bertz CT molecular complexity index is 833. The molecule has 9 heteroatoms. The van der Waals surface area contributed by atoms with Gasteiger partial charge in [-0.2, -0.15) is 4.31 Å². The predicted molar refractivity (Wildman–Crippen MR) is 108 cm³/mol. The zero-order chi connectivity index (χ0) is 21.1. The average molecular weight is 411 g/mol. The summed E-state index contributed by atoms with van der Waals surface area (Å²) >= 11 is 0. The highest BCUT2D eigenvalue weighted by Crippen LogP contribution is 2.29. The molecule has 1 fully saturated rings. The first-order chi connectivity index (χ1) is 13.1. The van der Waals surface area contributed by atoms with E-state index in [1.54, 1.807) is 6.92 Å². The van der Waals surface area contributed by atoms with Gasteiger partial charge in [-0.25, -0.2) is 13.2 Å². The molecule has 0 aromatic heterocycles. The number of hydrogen-bond donors (Lipinski definition) is 2. The van der Waals surface area contributed by atoms with Crippen molar-refractivity contribution in [1.29, 1.82) is 0 Å². The molecule has 8 nitrogen and oxygen atoms in total. The van der Waals surface area contributed by atoms with E-state index < -0.39 is 22.0 Å². The highest BCUT2D eigenvalue weighted by molar-refractivity contribution is 7.89. The number of piperazine rings is 1. The molecule has 0 saturated carbocycles.